The van der Waals surface area contributed by atoms with Crippen LogP contribution in [0, 0.1) is 0 Å². The lowest BCUT2D eigenvalue weighted by molar-refractivity contribution is -0.120. The Kier molecular flexibility index (Phi) is 3.20. The molecular weight excluding hydrogens is 223 g/mol. The van der Waals surface area contributed by atoms with Crippen LogP contribution in [0.3, 0.4) is 0 Å². The lowest BCUT2D eigenvalue weighted by atomic mass is 10.2. The predicted molar refractivity (Wildman–Crippen MR) is 65.5 cm³/mol. The van der Waals surface area contributed by atoms with Gasteiger partial charge in [-0.1, -0.05) is 18.2 Å². The molecule has 0 bridgehead atoms. The largest absolute Gasteiger partial charge is 0.328 e. The van der Waals surface area contributed by atoms with Crippen molar-refractivity contribution in [1.29, 1.82) is 0 Å². The van der Waals surface area contributed by atoms with E-state index in [-0.39, 0.29) is 18.1 Å². The summed E-state index contributed by atoms with van der Waals surface area (Å²) in [6, 6.07) is 9.51. The highest BCUT2D eigenvalue weighted by atomic mass is 31.0. The van der Waals surface area contributed by atoms with Crippen molar-refractivity contribution in [2.45, 2.75) is 0 Å². The summed E-state index contributed by atoms with van der Waals surface area (Å²) in [5, 5.41) is 0. The van der Waals surface area contributed by atoms with Gasteiger partial charge in [-0.05, 0) is 21.4 Å². The maximum atomic E-state index is 11.8. The second-order valence-corrected chi connectivity index (χ2v) is 4.13. The van der Waals surface area contributed by atoms with Crippen molar-refractivity contribution in [3.63, 3.8) is 0 Å². The molecule has 5 heteroatoms. The molecule has 2 rings (SSSR count). The van der Waals surface area contributed by atoms with Crippen LogP contribution in [0.5, 0.6) is 0 Å². The van der Waals surface area contributed by atoms with E-state index in [1.165, 1.54) is 4.90 Å². The highest BCUT2D eigenvalue weighted by Gasteiger charge is 2.25. The van der Waals surface area contributed by atoms with Crippen LogP contribution in [0.25, 0.3) is 0 Å². The topological polar surface area (TPSA) is 40.6 Å². The number of hydrogen-bond donors (Lipinski definition) is 0. The van der Waals surface area contributed by atoms with E-state index in [2.05, 4.69) is 9.24 Å². The van der Waals surface area contributed by atoms with E-state index in [4.69, 9.17) is 0 Å². The second-order valence-electron chi connectivity index (χ2n) is 3.64. The Labute approximate surface area is 96.4 Å². The maximum Gasteiger partial charge on any atom is 0.246 e. The first-order valence-corrected chi connectivity index (χ1v) is 5.66. The van der Waals surface area contributed by atoms with Gasteiger partial charge in [0, 0.05) is 18.8 Å². The molecular formula is C11H13N2O2P. The van der Waals surface area contributed by atoms with Gasteiger partial charge in [-0.15, -0.1) is 0 Å². The number of rotatable bonds is 1. The second kappa shape index (κ2) is 4.62. The SMILES string of the molecule is O=C(P)N1CCN(c2ccccc2)C(=O)C1. The number of para-hydroxylation sites is 1. The first-order chi connectivity index (χ1) is 7.68. The summed E-state index contributed by atoms with van der Waals surface area (Å²) < 4.78 is 0. The zero-order chi connectivity index (χ0) is 11.5. The first kappa shape index (κ1) is 11.1. The molecule has 0 N–H and O–H groups in total. The summed E-state index contributed by atoms with van der Waals surface area (Å²) in [5.74, 6) is -0.0340. The van der Waals surface area contributed by atoms with Crippen LogP contribution in [0.1, 0.15) is 0 Å². The van der Waals surface area contributed by atoms with Crippen molar-refractivity contribution in [3.05, 3.63) is 30.3 Å². The summed E-state index contributed by atoms with van der Waals surface area (Å²) in [5.41, 5.74) is 0.768. The van der Waals surface area contributed by atoms with Crippen molar-refractivity contribution in [1.82, 2.24) is 4.90 Å². The molecule has 2 amide bonds. The normalized spacial score (nSPS) is 16.4. The van der Waals surface area contributed by atoms with Crippen molar-refractivity contribution in [2.75, 3.05) is 24.5 Å². The Hall–Kier alpha value is -1.41. The number of carbonyl (C=O) groups is 2. The number of anilines is 1. The Bertz CT molecular complexity index is 408. The van der Waals surface area contributed by atoms with Crippen molar-refractivity contribution < 1.29 is 9.59 Å². The van der Waals surface area contributed by atoms with Gasteiger partial charge in [0.15, 0.2) is 0 Å². The number of nitrogens with zero attached hydrogens (tertiary/aromatic N) is 2. The van der Waals surface area contributed by atoms with Crippen LogP contribution in [0.15, 0.2) is 30.3 Å². The molecule has 1 unspecified atom stereocenters. The maximum absolute atomic E-state index is 11.8. The summed E-state index contributed by atoms with van der Waals surface area (Å²) in [4.78, 5) is 26.2. The van der Waals surface area contributed by atoms with E-state index in [0.717, 1.165) is 5.69 Å². The average Bonchev–Trinajstić information content (AvgIpc) is 2.30. The molecule has 1 saturated heterocycles. The van der Waals surface area contributed by atoms with Crippen LogP contribution in [-0.2, 0) is 4.79 Å². The Balaban J connectivity index is 2.11. The van der Waals surface area contributed by atoms with E-state index in [1.54, 1.807) is 4.90 Å². The van der Waals surface area contributed by atoms with E-state index < -0.39 is 0 Å². The molecule has 0 saturated carbocycles. The molecule has 1 aliphatic heterocycles. The molecule has 1 fully saturated rings. The van der Waals surface area contributed by atoms with Crippen LogP contribution < -0.4 is 4.90 Å². The molecule has 1 aromatic rings. The number of hydrogen-bond acceptors (Lipinski definition) is 2. The van der Waals surface area contributed by atoms with Crippen LogP contribution in [0.4, 0.5) is 10.5 Å². The van der Waals surface area contributed by atoms with E-state index in [1.807, 2.05) is 30.3 Å². The van der Waals surface area contributed by atoms with Crippen molar-refractivity contribution in [3.8, 4) is 0 Å². The average molecular weight is 236 g/mol. The molecule has 1 atom stereocenters. The van der Waals surface area contributed by atoms with Crippen LogP contribution >= 0.6 is 9.24 Å². The minimum atomic E-state index is -0.124. The molecule has 84 valence electrons. The number of carbonyl (C=O) groups excluding carboxylic acids is 2. The van der Waals surface area contributed by atoms with Gasteiger partial charge in [-0.2, -0.15) is 0 Å². The van der Waals surface area contributed by atoms with E-state index in [9.17, 15) is 9.59 Å². The van der Waals surface area contributed by atoms with Gasteiger partial charge in [-0.25, -0.2) is 0 Å². The Morgan fingerprint density at radius 2 is 1.88 bits per heavy atom. The van der Waals surface area contributed by atoms with Gasteiger partial charge < -0.3 is 9.80 Å². The lowest BCUT2D eigenvalue weighted by Gasteiger charge is -2.33. The fraction of sp³-hybridized carbons (Fsp3) is 0.273. The molecule has 0 aromatic heterocycles. The predicted octanol–water partition coefficient (Wildman–Crippen LogP) is 1.33. The zero-order valence-corrected chi connectivity index (χ0v) is 9.95. The first-order valence-electron chi connectivity index (χ1n) is 5.08. The van der Waals surface area contributed by atoms with Crippen LogP contribution in [0.2, 0.25) is 0 Å². The fourth-order valence-corrected chi connectivity index (χ4v) is 1.96. The molecule has 0 spiro atoms. The van der Waals surface area contributed by atoms with Gasteiger partial charge in [0.05, 0.1) is 0 Å². The highest BCUT2D eigenvalue weighted by molar-refractivity contribution is 7.39. The molecule has 4 nitrogen and oxygen atoms in total. The summed E-state index contributed by atoms with van der Waals surface area (Å²) >= 11 is 0. The Morgan fingerprint density at radius 3 is 2.44 bits per heavy atom. The zero-order valence-electron chi connectivity index (χ0n) is 8.80. The van der Waals surface area contributed by atoms with Crippen LogP contribution in [-0.4, -0.2) is 36.1 Å². The monoisotopic (exact) mass is 236 g/mol. The highest BCUT2D eigenvalue weighted by Crippen LogP contribution is 2.17. The molecule has 16 heavy (non-hydrogen) atoms. The summed E-state index contributed by atoms with van der Waals surface area (Å²) in [7, 11) is 2.10. The third kappa shape index (κ3) is 2.22. The number of benzene rings is 1. The third-order valence-electron chi connectivity index (χ3n) is 2.60. The van der Waals surface area contributed by atoms with Gasteiger partial charge >= 0.3 is 0 Å². The standard InChI is InChI=1S/C11H13N2O2P/c14-10-8-12(11(15)16)6-7-13(10)9-4-2-1-3-5-9/h1-5H,6-8,16H2. The van der Waals surface area contributed by atoms with Crippen molar-refractivity contribution >= 4 is 26.5 Å². The van der Waals surface area contributed by atoms with E-state index in [0.29, 0.717) is 13.1 Å². The summed E-state index contributed by atoms with van der Waals surface area (Å²) in [6.07, 6.45) is 0. The molecule has 0 aliphatic carbocycles. The number of piperazine rings is 1. The Morgan fingerprint density at radius 1 is 1.19 bits per heavy atom. The third-order valence-corrected chi connectivity index (χ3v) is 2.97. The number of amides is 2. The van der Waals surface area contributed by atoms with Crippen molar-refractivity contribution in [2.24, 2.45) is 0 Å². The lowest BCUT2D eigenvalue weighted by Crippen LogP contribution is -2.51. The molecule has 1 aromatic carbocycles. The minimum Gasteiger partial charge on any atom is -0.328 e. The molecule has 0 radical (unpaired) electrons. The van der Waals surface area contributed by atoms with Gasteiger partial charge in [0.25, 0.3) is 0 Å². The summed E-state index contributed by atoms with van der Waals surface area (Å²) in [6.45, 7) is 1.31. The fourth-order valence-electron chi connectivity index (χ4n) is 1.74. The smallest absolute Gasteiger partial charge is 0.246 e. The van der Waals surface area contributed by atoms with Gasteiger partial charge in [0.1, 0.15) is 6.54 Å². The molecule has 1 aliphatic rings. The molecule has 1 heterocycles. The van der Waals surface area contributed by atoms with Gasteiger partial charge in [-0.3, -0.25) is 9.59 Å². The minimum absolute atomic E-state index is 0.0340. The van der Waals surface area contributed by atoms with Gasteiger partial charge in [0.2, 0.25) is 11.6 Å². The quantitative estimate of drug-likeness (QED) is 0.690. The van der Waals surface area contributed by atoms with E-state index >= 15 is 0 Å².